The lowest BCUT2D eigenvalue weighted by atomic mass is 10.00. The zero-order valence-corrected chi connectivity index (χ0v) is 18.4. The predicted octanol–water partition coefficient (Wildman–Crippen LogP) is 4.62. The number of carbonyl (C=O) groups is 1. The molecule has 30 heavy (non-hydrogen) atoms. The largest absolute Gasteiger partial charge is 0.494 e. The van der Waals surface area contributed by atoms with E-state index in [0.29, 0.717) is 12.2 Å². The highest BCUT2D eigenvalue weighted by Gasteiger charge is 2.24. The Morgan fingerprint density at radius 1 is 1.27 bits per heavy atom. The number of pyridine rings is 1. The van der Waals surface area contributed by atoms with Crippen molar-refractivity contribution in [3.63, 3.8) is 0 Å². The molecule has 0 spiro atoms. The van der Waals surface area contributed by atoms with Gasteiger partial charge in [-0.3, -0.25) is 14.2 Å². The van der Waals surface area contributed by atoms with Crippen molar-refractivity contribution in [3.8, 4) is 17.7 Å². The van der Waals surface area contributed by atoms with Gasteiger partial charge in [-0.2, -0.15) is 5.26 Å². The summed E-state index contributed by atoms with van der Waals surface area (Å²) in [5.41, 5.74) is 1.47. The summed E-state index contributed by atoms with van der Waals surface area (Å²) >= 11 is 0. The molecule has 1 aromatic carbocycles. The van der Waals surface area contributed by atoms with Crippen LogP contribution in [0.2, 0.25) is 0 Å². The van der Waals surface area contributed by atoms with Crippen molar-refractivity contribution in [2.75, 3.05) is 6.61 Å². The van der Waals surface area contributed by atoms with Gasteiger partial charge in [0.15, 0.2) is 6.61 Å². The number of benzene rings is 1. The Balaban J connectivity index is 2.40. The van der Waals surface area contributed by atoms with Crippen LogP contribution >= 0.6 is 0 Å². The summed E-state index contributed by atoms with van der Waals surface area (Å²) in [5.74, 6) is -0.0275. The predicted molar refractivity (Wildman–Crippen MR) is 116 cm³/mol. The van der Waals surface area contributed by atoms with Crippen LogP contribution in [0, 0.1) is 25.2 Å². The van der Waals surface area contributed by atoms with E-state index in [1.807, 2.05) is 52.0 Å². The number of nitriles is 1. The van der Waals surface area contributed by atoms with Crippen molar-refractivity contribution in [2.24, 2.45) is 0 Å². The minimum Gasteiger partial charge on any atom is -0.494 e. The average Bonchev–Trinajstić information content (AvgIpc) is 2.69. The molecule has 2 aromatic rings. The summed E-state index contributed by atoms with van der Waals surface area (Å²) in [6.07, 6.45) is 2.49. The highest BCUT2D eigenvalue weighted by atomic mass is 16.5. The second-order valence-corrected chi connectivity index (χ2v) is 7.88. The molecule has 0 radical (unpaired) electrons. The quantitative estimate of drug-likeness (QED) is 0.481. The Bertz CT molecular complexity index is 1030. The monoisotopic (exact) mass is 410 g/mol. The first-order chi connectivity index (χ1) is 14.2. The number of aromatic hydroxyl groups is 1. The normalized spacial score (nSPS) is 10.8. The lowest BCUT2D eigenvalue weighted by Crippen LogP contribution is -2.28. The summed E-state index contributed by atoms with van der Waals surface area (Å²) < 4.78 is 6.94. The highest BCUT2D eigenvalue weighted by Crippen LogP contribution is 2.28. The van der Waals surface area contributed by atoms with Crippen LogP contribution in [-0.2, 0) is 6.54 Å². The van der Waals surface area contributed by atoms with Gasteiger partial charge in [0.1, 0.15) is 17.4 Å². The van der Waals surface area contributed by atoms with Crippen molar-refractivity contribution >= 4 is 5.78 Å². The fourth-order valence-corrected chi connectivity index (χ4v) is 3.47. The van der Waals surface area contributed by atoms with E-state index in [4.69, 9.17) is 4.74 Å². The Morgan fingerprint density at radius 3 is 2.57 bits per heavy atom. The second kappa shape index (κ2) is 10.1. The SMILES string of the molecule is CCCCCn1c(O)c(C(=O)COc2cc(C)ccc2C(C)C)c(C)c(C#N)c1=O. The van der Waals surface area contributed by atoms with Gasteiger partial charge >= 0.3 is 0 Å². The number of carbonyl (C=O) groups excluding carboxylic acids is 1. The van der Waals surface area contributed by atoms with E-state index in [9.17, 15) is 20.0 Å². The van der Waals surface area contributed by atoms with Gasteiger partial charge in [-0.15, -0.1) is 0 Å². The molecule has 2 rings (SSSR count). The minimum atomic E-state index is -0.568. The Labute approximate surface area is 177 Å². The highest BCUT2D eigenvalue weighted by molar-refractivity contribution is 6.01. The first kappa shape index (κ1) is 23.2. The third kappa shape index (κ3) is 4.91. The zero-order chi connectivity index (χ0) is 22.4. The summed E-state index contributed by atoms with van der Waals surface area (Å²) in [5, 5.41) is 20.1. The molecule has 0 aliphatic rings. The van der Waals surface area contributed by atoms with E-state index in [1.54, 1.807) is 0 Å². The van der Waals surface area contributed by atoms with Crippen LogP contribution < -0.4 is 10.3 Å². The van der Waals surface area contributed by atoms with E-state index in [1.165, 1.54) is 6.92 Å². The van der Waals surface area contributed by atoms with E-state index >= 15 is 0 Å². The molecular formula is C24H30N2O4. The molecule has 6 nitrogen and oxygen atoms in total. The van der Waals surface area contributed by atoms with Gasteiger partial charge in [0.25, 0.3) is 5.56 Å². The van der Waals surface area contributed by atoms with Crippen LogP contribution in [0.5, 0.6) is 11.6 Å². The molecule has 160 valence electrons. The van der Waals surface area contributed by atoms with Crippen LogP contribution in [0.15, 0.2) is 23.0 Å². The third-order valence-corrected chi connectivity index (χ3v) is 5.21. The summed E-state index contributed by atoms with van der Waals surface area (Å²) in [7, 11) is 0. The van der Waals surface area contributed by atoms with Crippen LogP contribution in [0.1, 0.15) is 78.6 Å². The van der Waals surface area contributed by atoms with Crippen molar-refractivity contribution in [1.29, 1.82) is 5.26 Å². The number of hydrogen-bond donors (Lipinski definition) is 1. The number of aryl methyl sites for hydroxylation is 1. The zero-order valence-electron chi connectivity index (χ0n) is 18.4. The molecule has 0 unspecified atom stereocenters. The van der Waals surface area contributed by atoms with E-state index in [-0.39, 0.29) is 35.8 Å². The molecule has 1 aromatic heterocycles. The van der Waals surface area contributed by atoms with Crippen LogP contribution in [0.4, 0.5) is 0 Å². The molecule has 6 heteroatoms. The van der Waals surface area contributed by atoms with Crippen LogP contribution in [0.3, 0.4) is 0 Å². The Kier molecular flexibility index (Phi) is 7.82. The van der Waals surface area contributed by atoms with Gasteiger partial charge in [-0.1, -0.05) is 45.7 Å². The average molecular weight is 411 g/mol. The number of ketones is 1. The summed E-state index contributed by atoms with van der Waals surface area (Å²) in [6, 6.07) is 7.73. The maximum Gasteiger partial charge on any atom is 0.271 e. The van der Waals surface area contributed by atoms with Crippen molar-refractivity contribution in [2.45, 2.75) is 66.3 Å². The number of Topliss-reactive ketones (excluding diaryl/α,β-unsaturated/α-hetero) is 1. The smallest absolute Gasteiger partial charge is 0.271 e. The van der Waals surface area contributed by atoms with E-state index < -0.39 is 17.2 Å². The fraction of sp³-hybridized carbons (Fsp3) is 0.458. The first-order valence-electron chi connectivity index (χ1n) is 10.4. The lowest BCUT2D eigenvalue weighted by Gasteiger charge is -2.17. The van der Waals surface area contributed by atoms with Crippen molar-refractivity contribution in [1.82, 2.24) is 4.57 Å². The molecule has 0 saturated carbocycles. The molecule has 0 bridgehead atoms. The van der Waals surface area contributed by atoms with Gasteiger partial charge in [0, 0.05) is 6.54 Å². The molecular weight excluding hydrogens is 380 g/mol. The third-order valence-electron chi connectivity index (χ3n) is 5.21. The first-order valence-corrected chi connectivity index (χ1v) is 10.4. The molecule has 0 aliphatic carbocycles. The van der Waals surface area contributed by atoms with Gasteiger partial charge in [-0.25, -0.2) is 0 Å². The standard InChI is InChI=1S/C24H30N2O4/c1-6-7-8-11-26-23(28)19(13-25)17(5)22(24(26)29)20(27)14-30-21-12-16(4)9-10-18(21)15(2)3/h9-10,12,15,29H,6-8,11,14H2,1-5H3. The van der Waals surface area contributed by atoms with Gasteiger partial charge in [-0.05, 0) is 48.9 Å². The second-order valence-electron chi connectivity index (χ2n) is 7.88. The van der Waals surface area contributed by atoms with Crippen LogP contribution in [0.25, 0.3) is 0 Å². The van der Waals surface area contributed by atoms with Gasteiger partial charge in [0.05, 0.1) is 5.56 Å². The number of aromatic nitrogens is 1. The van der Waals surface area contributed by atoms with Crippen molar-refractivity contribution in [3.05, 3.63) is 56.4 Å². The van der Waals surface area contributed by atoms with E-state index in [0.717, 1.165) is 28.5 Å². The molecule has 1 N–H and O–H groups in total. The summed E-state index contributed by atoms with van der Waals surface area (Å²) in [4.78, 5) is 25.6. The maximum atomic E-state index is 13.0. The van der Waals surface area contributed by atoms with Gasteiger partial charge < -0.3 is 9.84 Å². The Hall–Kier alpha value is -3.07. The number of ether oxygens (including phenoxy) is 1. The molecule has 0 aliphatic heterocycles. The molecule has 0 amide bonds. The summed E-state index contributed by atoms with van der Waals surface area (Å²) in [6.45, 7) is 9.53. The molecule has 0 atom stereocenters. The van der Waals surface area contributed by atoms with Gasteiger partial charge in [0.2, 0.25) is 11.7 Å². The molecule has 0 saturated heterocycles. The van der Waals surface area contributed by atoms with Crippen molar-refractivity contribution < 1.29 is 14.6 Å². The number of hydrogen-bond acceptors (Lipinski definition) is 5. The Morgan fingerprint density at radius 2 is 1.97 bits per heavy atom. The fourth-order valence-electron chi connectivity index (χ4n) is 3.47. The van der Waals surface area contributed by atoms with E-state index in [2.05, 4.69) is 0 Å². The maximum absolute atomic E-state index is 13.0. The number of nitrogens with zero attached hydrogens (tertiary/aromatic N) is 2. The van der Waals surface area contributed by atoms with Crippen LogP contribution in [-0.4, -0.2) is 22.1 Å². The lowest BCUT2D eigenvalue weighted by molar-refractivity contribution is 0.0915. The topological polar surface area (TPSA) is 92.3 Å². The number of unbranched alkanes of at least 4 members (excludes halogenated alkanes) is 2. The molecule has 1 heterocycles. The number of rotatable bonds is 9. The minimum absolute atomic E-state index is 0.0265. The molecule has 0 fully saturated rings.